The average Bonchev–Trinajstić information content (AvgIpc) is 2.18. The molecule has 84 valence electrons. The van der Waals surface area contributed by atoms with Crippen molar-refractivity contribution in [2.75, 3.05) is 20.3 Å². The highest BCUT2D eigenvalue weighted by atomic mass is 19.1. The Bertz CT molecular complexity index is 294. The Morgan fingerprint density at radius 1 is 1.53 bits per heavy atom. The number of aliphatic hydroxyl groups excluding tert-OH is 1. The van der Waals surface area contributed by atoms with Crippen LogP contribution >= 0.6 is 0 Å². The van der Waals surface area contributed by atoms with E-state index in [4.69, 9.17) is 4.74 Å². The molecule has 0 heterocycles. The molecule has 0 fully saturated rings. The van der Waals surface area contributed by atoms with E-state index < -0.39 is 6.10 Å². The molecular formula is C11H16FNO2. The number of hydrogen-bond donors (Lipinski definition) is 2. The Hall–Kier alpha value is -0.970. The van der Waals surface area contributed by atoms with Crippen molar-refractivity contribution in [3.05, 3.63) is 35.6 Å². The van der Waals surface area contributed by atoms with Gasteiger partial charge in [-0.3, -0.25) is 0 Å². The van der Waals surface area contributed by atoms with Gasteiger partial charge in [0.2, 0.25) is 0 Å². The monoisotopic (exact) mass is 213 g/mol. The van der Waals surface area contributed by atoms with Crippen molar-refractivity contribution in [2.45, 2.75) is 12.6 Å². The number of hydrogen-bond acceptors (Lipinski definition) is 3. The molecule has 0 aliphatic carbocycles. The summed E-state index contributed by atoms with van der Waals surface area (Å²) >= 11 is 0. The van der Waals surface area contributed by atoms with Gasteiger partial charge in [0.25, 0.3) is 0 Å². The lowest BCUT2D eigenvalue weighted by Gasteiger charge is -2.10. The molecule has 0 aliphatic rings. The fourth-order valence-electron chi connectivity index (χ4n) is 1.28. The van der Waals surface area contributed by atoms with Gasteiger partial charge in [-0.15, -0.1) is 0 Å². The molecule has 15 heavy (non-hydrogen) atoms. The molecule has 1 aromatic carbocycles. The Labute approximate surface area is 88.9 Å². The molecule has 3 nitrogen and oxygen atoms in total. The quantitative estimate of drug-likeness (QED) is 0.738. The summed E-state index contributed by atoms with van der Waals surface area (Å²) < 4.78 is 17.6. The van der Waals surface area contributed by atoms with Crippen LogP contribution in [0.2, 0.25) is 0 Å². The van der Waals surface area contributed by atoms with Crippen LogP contribution in [0.25, 0.3) is 0 Å². The van der Waals surface area contributed by atoms with Crippen LogP contribution in [0.1, 0.15) is 5.56 Å². The zero-order valence-corrected chi connectivity index (χ0v) is 8.74. The van der Waals surface area contributed by atoms with E-state index in [9.17, 15) is 9.50 Å². The van der Waals surface area contributed by atoms with E-state index in [0.717, 1.165) is 5.56 Å². The van der Waals surface area contributed by atoms with E-state index in [1.54, 1.807) is 6.07 Å². The summed E-state index contributed by atoms with van der Waals surface area (Å²) in [5, 5.41) is 12.3. The van der Waals surface area contributed by atoms with Crippen molar-refractivity contribution in [1.82, 2.24) is 5.32 Å². The van der Waals surface area contributed by atoms with Crippen molar-refractivity contribution in [3.63, 3.8) is 0 Å². The van der Waals surface area contributed by atoms with Crippen LogP contribution in [-0.4, -0.2) is 31.5 Å². The number of rotatable bonds is 6. The van der Waals surface area contributed by atoms with Gasteiger partial charge < -0.3 is 15.2 Å². The zero-order valence-electron chi connectivity index (χ0n) is 8.74. The van der Waals surface area contributed by atoms with Crippen LogP contribution in [-0.2, 0) is 11.3 Å². The largest absolute Gasteiger partial charge is 0.389 e. The molecule has 0 bridgehead atoms. The summed E-state index contributed by atoms with van der Waals surface area (Å²) in [6, 6.07) is 6.37. The molecule has 1 rings (SSSR count). The fourth-order valence-corrected chi connectivity index (χ4v) is 1.28. The Morgan fingerprint density at radius 3 is 3.00 bits per heavy atom. The van der Waals surface area contributed by atoms with Gasteiger partial charge in [-0.2, -0.15) is 0 Å². The second kappa shape index (κ2) is 6.50. The third kappa shape index (κ3) is 4.88. The van der Waals surface area contributed by atoms with E-state index in [0.29, 0.717) is 19.7 Å². The first-order valence-corrected chi connectivity index (χ1v) is 4.84. The summed E-state index contributed by atoms with van der Waals surface area (Å²) in [5.74, 6) is -0.244. The smallest absolute Gasteiger partial charge is 0.123 e. The van der Waals surface area contributed by atoms with E-state index in [1.165, 1.54) is 19.2 Å². The lowest BCUT2D eigenvalue weighted by molar-refractivity contribution is 0.0644. The van der Waals surface area contributed by atoms with E-state index in [2.05, 4.69) is 5.32 Å². The Morgan fingerprint density at radius 2 is 2.33 bits per heavy atom. The van der Waals surface area contributed by atoms with Gasteiger partial charge in [0.15, 0.2) is 0 Å². The van der Waals surface area contributed by atoms with Crippen LogP contribution in [0.4, 0.5) is 4.39 Å². The Balaban J connectivity index is 2.25. The number of benzene rings is 1. The minimum absolute atomic E-state index is 0.244. The molecule has 0 saturated carbocycles. The predicted octanol–water partition coefficient (Wildman–Crippen LogP) is 0.923. The zero-order chi connectivity index (χ0) is 11.1. The van der Waals surface area contributed by atoms with Crippen molar-refractivity contribution in [2.24, 2.45) is 0 Å². The highest BCUT2D eigenvalue weighted by Gasteiger charge is 2.02. The van der Waals surface area contributed by atoms with E-state index in [-0.39, 0.29) is 5.82 Å². The number of aliphatic hydroxyl groups is 1. The van der Waals surface area contributed by atoms with Crippen LogP contribution in [0, 0.1) is 5.82 Å². The minimum Gasteiger partial charge on any atom is -0.389 e. The number of methoxy groups -OCH3 is 1. The summed E-state index contributed by atoms with van der Waals surface area (Å²) in [5.41, 5.74) is 0.861. The first kappa shape index (κ1) is 12.1. The van der Waals surface area contributed by atoms with Crippen molar-refractivity contribution in [1.29, 1.82) is 0 Å². The van der Waals surface area contributed by atoms with Gasteiger partial charge in [0.05, 0.1) is 12.7 Å². The van der Waals surface area contributed by atoms with Crippen LogP contribution in [0.3, 0.4) is 0 Å². The molecule has 0 radical (unpaired) electrons. The second-order valence-electron chi connectivity index (χ2n) is 3.37. The molecule has 0 aliphatic heterocycles. The third-order valence-electron chi connectivity index (χ3n) is 1.96. The lowest BCUT2D eigenvalue weighted by atomic mass is 10.2. The molecule has 0 spiro atoms. The summed E-state index contributed by atoms with van der Waals surface area (Å²) in [6.45, 7) is 1.28. The molecule has 1 unspecified atom stereocenters. The normalized spacial score (nSPS) is 12.7. The summed E-state index contributed by atoms with van der Waals surface area (Å²) in [7, 11) is 1.54. The molecule has 4 heteroatoms. The van der Waals surface area contributed by atoms with Crippen LogP contribution < -0.4 is 5.32 Å². The molecular weight excluding hydrogens is 197 g/mol. The molecule has 0 amide bonds. The molecule has 2 N–H and O–H groups in total. The second-order valence-corrected chi connectivity index (χ2v) is 3.37. The van der Waals surface area contributed by atoms with Gasteiger partial charge in [-0.25, -0.2) is 4.39 Å². The number of nitrogens with one attached hydrogen (secondary N) is 1. The van der Waals surface area contributed by atoms with Crippen LogP contribution in [0.15, 0.2) is 24.3 Å². The third-order valence-corrected chi connectivity index (χ3v) is 1.96. The van der Waals surface area contributed by atoms with Crippen molar-refractivity contribution >= 4 is 0 Å². The molecule has 0 saturated heterocycles. The fraction of sp³-hybridized carbons (Fsp3) is 0.455. The summed E-state index contributed by atoms with van der Waals surface area (Å²) in [6.07, 6.45) is -0.524. The maximum absolute atomic E-state index is 12.8. The SMILES string of the molecule is COCC(O)CNCc1cccc(F)c1. The average molecular weight is 213 g/mol. The first-order chi connectivity index (χ1) is 7.22. The van der Waals surface area contributed by atoms with Crippen LogP contribution in [0.5, 0.6) is 0 Å². The molecule has 1 atom stereocenters. The van der Waals surface area contributed by atoms with Crippen molar-refractivity contribution < 1.29 is 14.2 Å². The number of ether oxygens (including phenoxy) is 1. The lowest BCUT2D eigenvalue weighted by Crippen LogP contribution is -2.29. The maximum atomic E-state index is 12.8. The first-order valence-electron chi connectivity index (χ1n) is 4.84. The maximum Gasteiger partial charge on any atom is 0.123 e. The minimum atomic E-state index is -0.524. The number of halogens is 1. The van der Waals surface area contributed by atoms with Gasteiger partial charge in [0, 0.05) is 20.2 Å². The van der Waals surface area contributed by atoms with Gasteiger partial charge in [-0.05, 0) is 17.7 Å². The highest BCUT2D eigenvalue weighted by Crippen LogP contribution is 2.02. The molecule has 0 aromatic heterocycles. The van der Waals surface area contributed by atoms with E-state index >= 15 is 0 Å². The van der Waals surface area contributed by atoms with Crippen molar-refractivity contribution in [3.8, 4) is 0 Å². The van der Waals surface area contributed by atoms with E-state index in [1.807, 2.05) is 6.07 Å². The highest BCUT2D eigenvalue weighted by molar-refractivity contribution is 5.15. The van der Waals surface area contributed by atoms with Gasteiger partial charge in [0.1, 0.15) is 5.82 Å². The standard InChI is InChI=1S/C11H16FNO2/c1-15-8-11(14)7-13-6-9-3-2-4-10(12)5-9/h2-5,11,13-14H,6-8H2,1H3. The van der Waals surface area contributed by atoms with Gasteiger partial charge in [-0.1, -0.05) is 12.1 Å². The van der Waals surface area contributed by atoms with Gasteiger partial charge >= 0.3 is 0 Å². The topological polar surface area (TPSA) is 41.5 Å². The molecule has 1 aromatic rings. The summed E-state index contributed by atoms with van der Waals surface area (Å²) in [4.78, 5) is 0. The Kier molecular flexibility index (Phi) is 5.25. The predicted molar refractivity (Wildman–Crippen MR) is 56.0 cm³/mol.